The van der Waals surface area contributed by atoms with Gasteiger partial charge in [0, 0.05) is 12.1 Å². The summed E-state index contributed by atoms with van der Waals surface area (Å²) in [7, 11) is -3.91. The highest BCUT2D eigenvalue weighted by Crippen LogP contribution is 2.20. The van der Waals surface area contributed by atoms with Crippen molar-refractivity contribution in [3.63, 3.8) is 0 Å². The van der Waals surface area contributed by atoms with Gasteiger partial charge in [0.2, 0.25) is 21.8 Å². The molecule has 2 aromatic carbocycles. The van der Waals surface area contributed by atoms with E-state index in [-0.39, 0.29) is 18.7 Å². The molecule has 10 heteroatoms. The van der Waals surface area contributed by atoms with Gasteiger partial charge in [0.05, 0.1) is 11.9 Å². The fourth-order valence-corrected chi connectivity index (χ4v) is 4.23. The van der Waals surface area contributed by atoms with Crippen molar-refractivity contribution in [2.45, 2.75) is 52.2 Å². The van der Waals surface area contributed by atoms with Crippen LogP contribution in [0.3, 0.4) is 0 Å². The van der Waals surface area contributed by atoms with Crippen LogP contribution in [-0.2, 0) is 26.2 Å². The van der Waals surface area contributed by atoms with Crippen LogP contribution in [0.15, 0.2) is 48.5 Å². The van der Waals surface area contributed by atoms with Crippen LogP contribution >= 0.6 is 0 Å². The first kappa shape index (κ1) is 27.2. The molecule has 0 aliphatic heterocycles. The first-order valence-electron chi connectivity index (χ1n) is 10.8. The van der Waals surface area contributed by atoms with Crippen molar-refractivity contribution in [3.05, 3.63) is 65.7 Å². The Morgan fingerprint density at radius 3 is 1.91 bits per heavy atom. The molecule has 1 N–H and O–H groups in total. The van der Waals surface area contributed by atoms with Gasteiger partial charge in [-0.25, -0.2) is 17.2 Å². The molecule has 0 aromatic heterocycles. The minimum atomic E-state index is -3.91. The van der Waals surface area contributed by atoms with Crippen molar-refractivity contribution in [1.82, 2.24) is 10.2 Å². The van der Waals surface area contributed by atoms with Crippen molar-refractivity contribution >= 4 is 27.5 Å². The molecular weight excluding hydrogens is 464 g/mol. The Balaban J connectivity index is 2.43. The number of amides is 2. The molecule has 0 bridgehead atoms. The average Bonchev–Trinajstić information content (AvgIpc) is 2.72. The number of halogens is 2. The fraction of sp³-hybridized carbons (Fsp3) is 0.417. The highest BCUT2D eigenvalue weighted by molar-refractivity contribution is 7.92. The number of hydrogen-bond donors (Lipinski definition) is 1. The summed E-state index contributed by atoms with van der Waals surface area (Å²) in [6, 6.07) is 9.31. The SMILES string of the molecule is CC[C@@H](C(=O)NC(C)(C)C)N(Cc1ccc(F)cc1)C(=O)CN(c1ccc(F)cc1)S(C)(=O)=O. The third-order valence-corrected chi connectivity index (χ3v) is 6.08. The molecule has 0 aliphatic carbocycles. The van der Waals surface area contributed by atoms with Crippen LogP contribution in [0.25, 0.3) is 0 Å². The minimum Gasteiger partial charge on any atom is -0.350 e. The van der Waals surface area contributed by atoms with Crippen LogP contribution in [0.2, 0.25) is 0 Å². The summed E-state index contributed by atoms with van der Waals surface area (Å²) >= 11 is 0. The van der Waals surface area contributed by atoms with Gasteiger partial charge in [0.15, 0.2) is 0 Å². The molecule has 2 aromatic rings. The second-order valence-electron chi connectivity index (χ2n) is 9.06. The molecule has 0 unspecified atom stereocenters. The average molecular weight is 496 g/mol. The van der Waals surface area contributed by atoms with Crippen LogP contribution in [0, 0.1) is 11.6 Å². The summed E-state index contributed by atoms with van der Waals surface area (Å²) in [5, 5.41) is 2.86. The van der Waals surface area contributed by atoms with Crippen molar-refractivity contribution in [3.8, 4) is 0 Å². The third kappa shape index (κ3) is 7.79. The quantitative estimate of drug-likeness (QED) is 0.577. The van der Waals surface area contributed by atoms with Crippen LogP contribution in [0.1, 0.15) is 39.7 Å². The summed E-state index contributed by atoms with van der Waals surface area (Å²) < 4.78 is 52.6. The number of benzene rings is 2. The second-order valence-corrected chi connectivity index (χ2v) is 11.0. The predicted molar refractivity (Wildman–Crippen MR) is 128 cm³/mol. The van der Waals surface area contributed by atoms with Crippen LogP contribution in [0.4, 0.5) is 14.5 Å². The maximum absolute atomic E-state index is 13.5. The second kappa shape index (κ2) is 10.9. The minimum absolute atomic E-state index is 0.0315. The predicted octanol–water partition coefficient (Wildman–Crippen LogP) is 3.45. The maximum Gasteiger partial charge on any atom is 0.244 e. The Morgan fingerprint density at radius 1 is 0.971 bits per heavy atom. The molecule has 2 rings (SSSR count). The highest BCUT2D eigenvalue weighted by Gasteiger charge is 2.33. The number of hydrogen-bond acceptors (Lipinski definition) is 4. The lowest BCUT2D eigenvalue weighted by atomic mass is 10.1. The Kier molecular flexibility index (Phi) is 8.77. The molecular formula is C24H31F2N3O4S. The van der Waals surface area contributed by atoms with Crippen molar-refractivity contribution in [2.75, 3.05) is 17.1 Å². The van der Waals surface area contributed by atoms with Gasteiger partial charge in [-0.2, -0.15) is 0 Å². The first-order chi connectivity index (χ1) is 15.7. The number of nitrogens with zero attached hydrogens (tertiary/aromatic N) is 2. The molecule has 0 radical (unpaired) electrons. The standard InChI is InChI=1S/C24H31F2N3O4S/c1-6-21(23(31)27-24(2,3)4)28(15-17-7-9-18(25)10-8-17)22(30)16-29(34(5,32)33)20-13-11-19(26)12-14-20/h7-14,21H,6,15-16H2,1-5H3,(H,27,31)/t21-/m0/s1. The number of anilines is 1. The molecule has 0 fully saturated rings. The largest absolute Gasteiger partial charge is 0.350 e. The van der Waals surface area contributed by atoms with E-state index < -0.39 is 51.6 Å². The molecule has 1 atom stereocenters. The van der Waals surface area contributed by atoms with E-state index in [9.17, 15) is 26.8 Å². The number of nitrogens with one attached hydrogen (secondary N) is 1. The van der Waals surface area contributed by atoms with E-state index in [1.165, 1.54) is 41.3 Å². The zero-order chi connectivity index (χ0) is 25.7. The zero-order valence-corrected chi connectivity index (χ0v) is 20.8. The van der Waals surface area contributed by atoms with E-state index >= 15 is 0 Å². The summed E-state index contributed by atoms with van der Waals surface area (Å²) in [5.41, 5.74) is 0.137. The fourth-order valence-electron chi connectivity index (χ4n) is 3.38. The molecule has 0 saturated carbocycles. The van der Waals surface area contributed by atoms with E-state index in [1.807, 2.05) is 20.8 Å². The van der Waals surface area contributed by atoms with Gasteiger partial charge in [-0.3, -0.25) is 13.9 Å². The number of sulfonamides is 1. The Labute approximate surface area is 199 Å². The Hall–Kier alpha value is -3.01. The topological polar surface area (TPSA) is 86.8 Å². The third-order valence-electron chi connectivity index (χ3n) is 4.94. The van der Waals surface area contributed by atoms with E-state index in [0.717, 1.165) is 22.7 Å². The Morgan fingerprint density at radius 2 is 1.47 bits per heavy atom. The van der Waals surface area contributed by atoms with Crippen LogP contribution < -0.4 is 9.62 Å². The number of carbonyl (C=O) groups is 2. The summed E-state index contributed by atoms with van der Waals surface area (Å²) in [6.45, 7) is 6.55. The van der Waals surface area contributed by atoms with Gasteiger partial charge < -0.3 is 10.2 Å². The summed E-state index contributed by atoms with van der Waals surface area (Å²) in [5.74, 6) is -2.02. The van der Waals surface area contributed by atoms with Crippen LogP contribution in [-0.4, -0.2) is 49.5 Å². The smallest absolute Gasteiger partial charge is 0.244 e. The van der Waals surface area contributed by atoms with Gasteiger partial charge in [0.25, 0.3) is 0 Å². The molecule has 0 spiro atoms. The van der Waals surface area contributed by atoms with Gasteiger partial charge in [-0.05, 0) is 69.2 Å². The molecule has 186 valence electrons. The Bertz CT molecular complexity index is 1100. The van der Waals surface area contributed by atoms with Gasteiger partial charge in [-0.15, -0.1) is 0 Å². The lowest BCUT2D eigenvalue weighted by molar-refractivity contribution is -0.141. The van der Waals surface area contributed by atoms with E-state index in [4.69, 9.17) is 0 Å². The summed E-state index contributed by atoms with van der Waals surface area (Å²) in [4.78, 5) is 27.8. The number of rotatable bonds is 9. The number of carbonyl (C=O) groups excluding carboxylic acids is 2. The monoisotopic (exact) mass is 495 g/mol. The molecule has 0 saturated heterocycles. The van der Waals surface area contributed by atoms with Gasteiger partial charge >= 0.3 is 0 Å². The summed E-state index contributed by atoms with van der Waals surface area (Å²) in [6.07, 6.45) is 1.21. The normalized spacial score (nSPS) is 12.7. The first-order valence-corrected chi connectivity index (χ1v) is 12.7. The lowest BCUT2D eigenvalue weighted by Gasteiger charge is -2.34. The van der Waals surface area contributed by atoms with E-state index in [2.05, 4.69) is 5.32 Å². The molecule has 0 aliphatic rings. The zero-order valence-electron chi connectivity index (χ0n) is 20.0. The van der Waals surface area contributed by atoms with Gasteiger partial charge in [-0.1, -0.05) is 19.1 Å². The maximum atomic E-state index is 13.5. The highest BCUT2D eigenvalue weighted by atomic mass is 32.2. The van der Waals surface area contributed by atoms with Crippen molar-refractivity contribution in [2.24, 2.45) is 0 Å². The van der Waals surface area contributed by atoms with Crippen molar-refractivity contribution in [1.29, 1.82) is 0 Å². The molecule has 7 nitrogen and oxygen atoms in total. The van der Waals surface area contributed by atoms with Crippen molar-refractivity contribution < 1.29 is 26.8 Å². The van der Waals surface area contributed by atoms with Crippen LogP contribution in [0.5, 0.6) is 0 Å². The van der Waals surface area contributed by atoms with E-state index in [0.29, 0.717) is 5.56 Å². The van der Waals surface area contributed by atoms with E-state index in [1.54, 1.807) is 6.92 Å². The van der Waals surface area contributed by atoms with Gasteiger partial charge in [0.1, 0.15) is 24.2 Å². The molecule has 2 amide bonds. The molecule has 0 heterocycles. The molecule has 34 heavy (non-hydrogen) atoms. The lowest BCUT2D eigenvalue weighted by Crippen LogP contribution is -2.55.